The van der Waals surface area contributed by atoms with Crippen LogP contribution < -0.4 is 5.32 Å². The summed E-state index contributed by atoms with van der Waals surface area (Å²) < 4.78 is 70.7. The number of aryl methyl sites for hydroxylation is 1. The van der Waals surface area contributed by atoms with Gasteiger partial charge >= 0.3 is 6.18 Å². The van der Waals surface area contributed by atoms with Gasteiger partial charge in [0.2, 0.25) is 15.9 Å². The Hall–Kier alpha value is -2.15. The van der Waals surface area contributed by atoms with Crippen molar-refractivity contribution in [3.63, 3.8) is 0 Å². The van der Waals surface area contributed by atoms with Crippen molar-refractivity contribution in [3.05, 3.63) is 40.6 Å². The number of anilines is 1. The molecule has 1 amide bonds. The van der Waals surface area contributed by atoms with Gasteiger partial charge < -0.3 is 14.7 Å². The summed E-state index contributed by atoms with van der Waals surface area (Å²) in [7, 11) is -4.10. The lowest BCUT2D eigenvalue weighted by molar-refractivity contribution is -0.137. The van der Waals surface area contributed by atoms with Crippen LogP contribution in [0.4, 0.5) is 19.0 Å². The van der Waals surface area contributed by atoms with E-state index >= 15 is 0 Å². The van der Waals surface area contributed by atoms with Crippen LogP contribution in [0.5, 0.6) is 0 Å². The molecular weight excluding hydrogens is 461 g/mol. The maximum absolute atomic E-state index is 13.1. The number of alkyl halides is 3. The third-order valence-electron chi connectivity index (χ3n) is 4.76. The smallest absolute Gasteiger partial charge is 0.360 e. The predicted octanol–water partition coefficient (Wildman–Crippen LogP) is 2.99. The monoisotopic (exact) mass is 480 g/mol. The molecule has 8 nitrogen and oxygen atoms in total. The van der Waals surface area contributed by atoms with E-state index in [1.807, 2.05) is 4.90 Å². The second-order valence-electron chi connectivity index (χ2n) is 7.01. The van der Waals surface area contributed by atoms with Gasteiger partial charge in [-0.05, 0) is 25.1 Å². The third-order valence-corrected chi connectivity index (χ3v) is 6.99. The summed E-state index contributed by atoms with van der Waals surface area (Å²) in [6.07, 6.45) is -4.59. The maximum Gasteiger partial charge on any atom is 0.417 e. The van der Waals surface area contributed by atoms with E-state index in [4.69, 9.17) is 16.1 Å². The van der Waals surface area contributed by atoms with Crippen LogP contribution in [-0.4, -0.2) is 61.4 Å². The van der Waals surface area contributed by atoms with Crippen molar-refractivity contribution in [2.45, 2.75) is 24.4 Å². The Kier molecular flexibility index (Phi) is 6.94. The van der Waals surface area contributed by atoms with Crippen molar-refractivity contribution in [1.29, 1.82) is 0 Å². The number of piperazine rings is 1. The first kappa shape index (κ1) is 23.5. The van der Waals surface area contributed by atoms with Gasteiger partial charge in [-0.3, -0.25) is 4.79 Å². The van der Waals surface area contributed by atoms with Gasteiger partial charge in [0, 0.05) is 45.2 Å². The molecule has 1 saturated heterocycles. The topological polar surface area (TPSA) is 95.8 Å². The fraction of sp³-hybridized carbons (Fsp3) is 0.444. The normalized spacial score (nSPS) is 16.4. The minimum Gasteiger partial charge on any atom is -0.360 e. The van der Waals surface area contributed by atoms with Crippen LogP contribution in [0.15, 0.2) is 33.7 Å². The number of sulfonamides is 1. The second-order valence-corrected chi connectivity index (χ2v) is 9.35. The van der Waals surface area contributed by atoms with Crippen LogP contribution in [0, 0.1) is 6.92 Å². The van der Waals surface area contributed by atoms with Crippen LogP contribution in [0.3, 0.4) is 0 Å². The summed E-state index contributed by atoms with van der Waals surface area (Å²) in [6.45, 7) is 2.97. The van der Waals surface area contributed by atoms with Crippen LogP contribution in [0.25, 0.3) is 0 Å². The minimum atomic E-state index is -4.76. The lowest BCUT2D eigenvalue weighted by Crippen LogP contribution is -2.49. The highest BCUT2D eigenvalue weighted by atomic mass is 35.5. The Bertz CT molecular complexity index is 1050. The van der Waals surface area contributed by atoms with E-state index in [0.717, 1.165) is 16.4 Å². The Balaban J connectivity index is 1.55. The van der Waals surface area contributed by atoms with Crippen LogP contribution in [0.1, 0.15) is 17.7 Å². The first-order chi connectivity index (χ1) is 14.5. The SMILES string of the molecule is Cc1cc(NC(=O)CCN2CCN(S(=O)(=O)c3ccc(Cl)c(C(F)(F)F)c3)CC2)no1. The molecule has 170 valence electrons. The summed E-state index contributed by atoms with van der Waals surface area (Å²) >= 11 is 5.57. The van der Waals surface area contributed by atoms with Gasteiger partial charge in [-0.1, -0.05) is 16.8 Å². The van der Waals surface area contributed by atoms with Crippen molar-refractivity contribution in [3.8, 4) is 0 Å². The van der Waals surface area contributed by atoms with Crippen molar-refractivity contribution in [2.75, 3.05) is 38.0 Å². The number of rotatable bonds is 6. The predicted molar refractivity (Wildman–Crippen MR) is 106 cm³/mol. The van der Waals surface area contributed by atoms with E-state index in [0.29, 0.717) is 37.3 Å². The molecule has 3 rings (SSSR count). The lowest BCUT2D eigenvalue weighted by Gasteiger charge is -2.33. The molecule has 1 N–H and O–H groups in total. The highest BCUT2D eigenvalue weighted by Crippen LogP contribution is 2.36. The van der Waals surface area contributed by atoms with Gasteiger partial charge in [0.1, 0.15) is 5.76 Å². The number of nitrogens with zero attached hydrogens (tertiary/aromatic N) is 3. The molecule has 1 fully saturated rings. The quantitative estimate of drug-likeness (QED) is 0.683. The molecule has 1 aromatic heterocycles. The van der Waals surface area contributed by atoms with Crippen LogP contribution in [-0.2, 0) is 21.0 Å². The molecule has 2 aromatic rings. The molecule has 1 aliphatic rings. The minimum absolute atomic E-state index is 0.0937. The van der Waals surface area contributed by atoms with E-state index in [2.05, 4.69) is 10.5 Å². The van der Waals surface area contributed by atoms with Crippen LogP contribution in [0.2, 0.25) is 5.02 Å². The number of amides is 1. The molecule has 0 atom stereocenters. The molecule has 0 saturated carbocycles. The highest BCUT2D eigenvalue weighted by molar-refractivity contribution is 7.89. The van der Waals surface area contributed by atoms with E-state index < -0.39 is 31.7 Å². The number of aromatic nitrogens is 1. The molecule has 0 aliphatic carbocycles. The van der Waals surface area contributed by atoms with Gasteiger partial charge in [-0.25, -0.2) is 8.42 Å². The Labute approximate surface area is 182 Å². The van der Waals surface area contributed by atoms with Gasteiger partial charge in [0.15, 0.2) is 5.82 Å². The Morgan fingerprint density at radius 1 is 1.23 bits per heavy atom. The van der Waals surface area contributed by atoms with Crippen molar-refractivity contribution in [2.24, 2.45) is 0 Å². The summed E-state index contributed by atoms with van der Waals surface area (Å²) in [5, 5.41) is 5.71. The summed E-state index contributed by atoms with van der Waals surface area (Å²) in [5.41, 5.74) is -1.19. The number of benzene rings is 1. The molecule has 0 unspecified atom stereocenters. The van der Waals surface area contributed by atoms with Crippen molar-refractivity contribution in [1.82, 2.24) is 14.4 Å². The molecule has 2 heterocycles. The van der Waals surface area contributed by atoms with Crippen molar-refractivity contribution >= 4 is 33.3 Å². The van der Waals surface area contributed by atoms with Gasteiger partial charge in [-0.2, -0.15) is 17.5 Å². The fourth-order valence-corrected chi connectivity index (χ4v) is 4.79. The molecule has 1 aliphatic heterocycles. The number of hydrogen-bond donors (Lipinski definition) is 1. The van der Waals surface area contributed by atoms with E-state index in [1.54, 1.807) is 13.0 Å². The van der Waals surface area contributed by atoms with Gasteiger partial charge in [-0.15, -0.1) is 0 Å². The highest BCUT2D eigenvalue weighted by Gasteiger charge is 2.36. The average Bonchev–Trinajstić information content (AvgIpc) is 3.10. The molecular formula is C18H20ClF3N4O4S. The third kappa shape index (κ3) is 5.76. The van der Waals surface area contributed by atoms with Crippen LogP contribution >= 0.6 is 11.6 Å². The Morgan fingerprint density at radius 3 is 2.48 bits per heavy atom. The summed E-state index contributed by atoms with van der Waals surface area (Å²) in [4.78, 5) is 13.4. The fourth-order valence-electron chi connectivity index (χ4n) is 3.11. The zero-order valence-corrected chi connectivity index (χ0v) is 18.0. The number of hydrogen-bond acceptors (Lipinski definition) is 6. The Morgan fingerprint density at radius 2 is 1.90 bits per heavy atom. The van der Waals surface area contributed by atoms with E-state index in [1.165, 1.54) is 0 Å². The molecule has 0 radical (unpaired) electrons. The summed E-state index contributed by atoms with van der Waals surface area (Å²) in [6, 6.07) is 4.14. The molecule has 31 heavy (non-hydrogen) atoms. The molecule has 13 heteroatoms. The molecule has 1 aromatic carbocycles. The number of nitrogens with one attached hydrogen (secondary N) is 1. The lowest BCUT2D eigenvalue weighted by atomic mass is 10.2. The number of halogens is 4. The number of carbonyl (C=O) groups is 1. The maximum atomic E-state index is 13.1. The molecule has 0 spiro atoms. The van der Waals surface area contributed by atoms with Gasteiger partial charge in [0.25, 0.3) is 0 Å². The summed E-state index contributed by atoms with van der Waals surface area (Å²) in [5.74, 6) is 0.625. The first-order valence-corrected chi connectivity index (χ1v) is 11.1. The standard InChI is InChI=1S/C18H20ClF3N4O4S/c1-12-10-16(24-30-12)23-17(27)4-5-25-6-8-26(9-7-25)31(28,29)13-2-3-15(19)14(11-13)18(20,21)22/h2-3,10-11H,4-9H2,1H3,(H,23,24,27). The zero-order chi connectivity index (χ0) is 22.8. The van der Waals surface area contributed by atoms with Crippen molar-refractivity contribution < 1.29 is 30.9 Å². The molecule has 0 bridgehead atoms. The van der Waals surface area contributed by atoms with Gasteiger partial charge in [0.05, 0.1) is 15.5 Å². The first-order valence-electron chi connectivity index (χ1n) is 9.29. The largest absolute Gasteiger partial charge is 0.417 e. The average molecular weight is 481 g/mol. The zero-order valence-electron chi connectivity index (χ0n) is 16.4. The van der Waals surface area contributed by atoms with E-state index in [9.17, 15) is 26.4 Å². The number of carbonyl (C=O) groups excluding carboxylic acids is 1. The second kappa shape index (κ2) is 9.15. The van der Waals surface area contributed by atoms with E-state index in [-0.39, 0.29) is 25.4 Å².